The van der Waals surface area contributed by atoms with Gasteiger partial charge in [-0.05, 0) is 48.5 Å². The van der Waals surface area contributed by atoms with Crippen LogP contribution in [0, 0.1) is 5.82 Å². The molecule has 29 heavy (non-hydrogen) atoms. The number of nitrogens with zero attached hydrogens (tertiary/aromatic N) is 2. The van der Waals surface area contributed by atoms with Crippen LogP contribution in [0.1, 0.15) is 10.7 Å². The van der Waals surface area contributed by atoms with Gasteiger partial charge in [0.25, 0.3) is 5.91 Å². The number of carbonyl (C=O) groups excluding carboxylic acids is 2. The second kappa shape index (κ2) is 9.78. The van der Waals surface area contributed by atoms with E-state index in [4.69, 9.17) is 9.26 Å². The summed E-state index contributed by atoms with van der Waals surface area (Å²) in [5.74, 6) is -0.767. The molecule has 0 atom stereocenters. The van der Waals surface area contributed by atoms with Gasteiger partial charge >= 0.3 is 11.8 Å². The van der Waals surface area contributed by atoms with Crippen LogP contribution in [0.15, 0.2) is 57.5 Å². The van der Waals surface area contributed by atoms with Gasteiger partial charge in [-0.2, -0.15) is 4.98 Å². The predicted octanol–water partition coefficient (Wildman–Crippen LogP) is 2.56. The molecule has 0 radical (unpaired) electrons. The van der Waals surface area contributed by atoms with Gasteiger partial charge in [-0.25, -0.2) is 4.39 Å². The fourth-order valence-electron chi connectivity index (χ4n) is 2.22. The smallest absolute Gasteiger partial charge is 0.316 e. The summed E-state index contributed by atoms with van der Waals surface area (Å²) < 4.78 is 24.1. The molecule has 1 heterocycles. The van der Waals surface area contributed by atoms with Gasteiger partial charge in [0.15, 0.2) is 6.61 Å². The zero-order chi connectivity index (χ0) is 20.6. The van der Waals surface area contributed by atoms with Crippen LogP contribution in [0.2, 0.25) is 0 Å². The maximum atomic E-state index is 12.9. The number of rotatable bonds is 8. The second-order valence-electron chi connectivity index (χ2n) is 5.78. The van der Waals surface area contributed by atoms with E-state index < -0.39 is 5.91 Å². The minimum absolute atomic E-state index is 0.139. The van der Waals surface area contributed by atoms with E-state index in [0.29, 0.717) is 11.3 Å². The molecule has 1 aromatic heterocycles. The van der Waals surface area contributed by atoms with E-state index in [1.165, 1.54) is 24.3 Å². The first-order valence-electron chi connectivity index (χ1n) is 8.54. The Morgan fingerprint density at radius 2 is 1.72 bits per heavy atom. The van der Waals surface area contributed by atoms with Crippen molar-refractivity contribution >= 4 is 27.7 Å². The van der Waals surface area contributed by atoms with Crippen molar-refractivity contribution in [3.63, 3.8) is 0 Å². The molecule has 2 amide bonds. The Hall–Kier alpha value is -3.27. The van der Waals surface area contributed by atoms with Crippen LogP contribution < -0.4 is 15.4 Å². The van der Waals surface area contributed by atoms with Crippen LogP contribution in [0.4, 0.5) is 4.39 Å². The van der Waals surface area contributed by atoms with E-state index in [0.717, 1.165) is 4.47 Å². The third kappa shape index (κ3) is 6.11. The van der Waals surface area contributed by atoms with E-state index in [1.807, 2.05) is 12.1 Å². The second-order valence-corrected chi connectivity index (χ2v) is 6.69. The van der Waals surface area contributed by atoms with Gasteiger partial charge in [-0.1, -0.05) is 21.1 Å². The molecule has 0 aliphatic rings. The molecule has 0 saturated carbocycles. The molecule has 0 fully saturated rings. The largest absolute Gasteiger partial charge is 0.484 e. The first-order valence-corrected chi connectivity index (χ1v) is 9.33. The molecular weight excluding hydrogens is 447 g/mol. The standard InChI is InChI=1S/C19H16BrFN4O4/c20-13-3-7-15(8-4-13)28-11-16(26)22-9-10-23-18(27)19-24-17(25-29-19)12-1-5-14(21)6-2-12/h1-8H,9-11H2,(H,22,26)(H,23,27). The molecule has 0 bridgehead atoms. The Morgan fingerprint density at radius 3 is 2.45 bits per heavy atom. The summed E-state index contributed by atoms with van der Waals surface area (Å²) in [7, 11) is 0. The Morgan fingerprint density at radius 1 is 1.03 bits per heavy atom. The highest BCUT2D eigenvalue weighted by atomic mass is 79.9. The molecule has 8 nitrogen and oxygen atoms in total. The van der Waals surface area contributed by atoms with Crippen molar-refractivity contribution in [3.05, 3.63) is 64.7 Å². The number of nitrogens with one attached hydrogen (secondary N) is 2. The summed E-state index contributed by atoms with van der Waals surface area (Å²) >= 11 is 3.31. The number of carbonyl (C=O) groups is 2. The minimum atomic E-state index is -0.578. The Labute approximate surface area is 173 Å². The summed E-state index contributed by atoms with van der Waals surface area (Å²) in [4.78, 5) is 27.7. The molecule has 0 saturated heterocycles. The Balaban J connectivity index is 1.38. The van der Waals surface area contributed by atoms with Gasteiger partial charge in [-0.3, -0.25) is 9.59 Å². The number of aromatic nitrogens is 2. The summed E-state index contributed by atoms with van der Waals surface area (Å²) in [6.07, 6.45) is 0. The molecule has 0 aliphatic heterocycles. The van der Waals surface area contributed by atoms with Crippen molar-refractivity contribution in [1.82, 2.24) is 20.8 Å². The van der Waals surface area contributed by atoms with Crippen molar-refractivity contribution in [2.45, 2.75) is 0 Å². The molecule has 2 N–H and O–H groups in total. The van der Waals surface area contributed by atoms with Crippen molar-refractivity contribution in [2.24, 2.45) is 0 Å². The zero-order valence-electron chi connectivity index (χ0n) is 15.0. The van der Waals surface area contributed by atoms with E-state index >= 15 is 0 Å². The van der Waals surface area contributed by atoms with Crippen molar-refractivity contribution in [2.75, 3.05) is 19.7 Å². The summed E-state index contributed by atoms with van der Waals surface area (Å²) in [6.45, 7) is 0.227. The van der Waals surface area contributed by atoms with E-state index in [1.54, 1.807) is 12.1 Å². The Kier molecular flexibility index (Phi) is 6.90. The maximum Gasteiger partial charge on any atom is 0.316 e. The average molecular weight is 463 g/mol. The molecular formula is C19H16BrFN4O4. The third-order valence-corrected chi connectivity index (χ3v) is 4.17. The lowest BCUT2D eigenvalue weighted by molar-refractivity contribution is -0.123. The molecule has 0 spiro atoms. The molecule has 0 unspecified atom stereocenters. The highest BCUT2D eigenvalue weighted by molar-refractivity contribution is 9.10. The summed E-state index contributed by atoms with van der Waals surface area (Å²) in [6, 6.07) is 12.6. The average Bonchev–Trinajstić information content (AvgIpc) is 3.21. The number of benzene rings is 2. The van der Waals surface area contributed by atoms with Crippen LogP contribution in [-0.2, 0) is 4.79 Å². The monoisotopic (exact) mass is 462 g/mol. The molecule has 150 valence electrons. The van der Waals surface area contributed by atoms with Crippen LogP contribution >= 0.6 is 15.9 Å². The zero-order valence-corrected chi connectivity index (χ0v) is 16.6. The van der Waals surface area contributed by atoms with E-state index in [2.05, 4.69) is 36.7 Å². The van der Waals surface area contributed by atoms with Crippen LogP contribution in [0.5, 0.6) is 5.75 Å². The Bertz CT molecular complexity index is 977. The van der Waals surface area contributed by atoms with Gasteiger partial charge in [0.05, 0.1) is 0 Å². The van der Waals surface area contributed by atoms with Crippen LogP contribution in [0.3, 0.4) is 0 Å². The lowest BCUT2D eigenvalue weighted by atomic mass is 10.2. The molecule has 0 aliphatic carbocycles. The van der Waals surface area contributed by atoms with E-state index in [9.17, 15) is 14.0 Å². The quantitative estimate of drug-likeness (QED) is 0.498. The van der Waals surface area contributed by atoms with Crippen LogP contribution in [0.25, 0.3) is 11.4 Å². The fourth-order valence-corrected chi connectivity index (χ4v) is 2.48. The van der Waals surface area contributed by atoms with Crippen molar-refractivity contribution < 1.29 is 23.2 Å². The summed E-state index contributed by atoms with van der Waals surface area (Å²) in [5, 5.41) is 8.86. The SMILES string of the molecule is O=C(COc1ccc(Br)cc1)NCCNC(=O)c1nc(-c2ccc(F)cc2)no1. The third-order valence-electron chi connectivity index (χ3n) is 3.64. The molecule has 2 aromatic carbocycles. The predicted molar refractivity (Wildman–Crippen MR) is 105 cm³/mol. The fraction of sp³-hybridized carbons (Fsp3) is 0.158. The minimum Gasteiger partial charge on any atom is -0.484 e. The lowest BCUT2D eigenvalue weighted by Crippen LogP contribution is -2.36. The first-order chi connectivity index (χ1) is 14.0. The first kappa shape index (κ1) is 20.5. The molecule has 10 heteroatoms. The number of hydrogen-bond acceptors (Lipinski definition) is 6. The number of halogens is 2. The number of amides is 2. The molecule has 3 rings (SSSR count). The topological polar surface area (TPSA) is 106 Å². The van der Waals surface area contributed by atoms with Crippen molar-refractivity contribution in [3.8, 4) is 17.1 Å². The number of hydrogen-bond donors (Lipinski definition) is 2. The highest BCUT2D eigenvalue weighted by Crippen LogP contribution is 2.16. The van der Waals surface area contributed by atoms with Gasteiger partial charge in [-0.15, -0.1) is 0 Å². The lowest BCUT2D eigenvalue weighted by Gasteiger charge is -2.07. The maximum absolute atomic E-state index is 12.9. The van der Waals surface area contributed by atoms with Gasteiger partial charge in [0.1, 0.15) is 11.6 Å². The highest BCUT2D eigenvalue weighted by Gasteiger charge is 2.15. The van der Waals surface area contributed by atoms with Gasteiger partial charge in [0.2, 0.25) is 5.82 Å². The number of ether oxygens (including phenoxy) is 1. The van der Waals surface area contributed by atoms with E-state index in [-0.39, 0.29) is 43.1 Å². The summed E-state index contributed by atoms with van der Waals surface area (Å²) in [5.41, 5.74) is 0.521. The molecule has 3 aromatic rings. The van der Waals surface area contributed by atoms with Gasteiger partial charge in [0, 0.05) is 23.1 Å². The van der Waals surface area contributed by atoms with Gasteiger partial charge < -0.3 is 19.9 Å². The van der Waals surface area contributed by atoms with Crippen molar-refractivity contribution in [1.29, 1.82) is 0 Å². The van der Waals surface area contributed by atoms with Crippen LogP contribution in [-0.4, -0.2) is 41.7 Å². The normalized spacial score (nSPS) is 10.4.